The quantitative estimate of drug-likeness (QED) is 0.906. The fraction of sp³-hybridized carbons (Fsp3) is 0.353. The van der Waals surface area contributed by atoms with Crippen molar-refractivity contribution in [1.82, 2.24) is 4.98 Å². The van der Waals surface area contributed by atoms with E-state index in [-0.39, 0.29) is 17.7 Å². The Bertz CT molecular complexity index is 780. The molecule has 23 heavy (non-hydrogen) atoms. The third kappa shape index (κ3) is 3.27. The van der Waals surface area contributed by atoms with Gasteiger partial charge in [-0.1, -0.05) is 31.3 Å². The Labute approximate surface area is 139 Å². The third-order valence-corrected chi connectivity index (χ3v) is 4.80. The summed E-state index contributed by atoms with van der Waals surface area (Å²) in [7, 11) is 0. The van der Waals surface area contributed by atoms with E-state index in [1.807, 2.05) is 26.0 Å². The Balaban J connectivity index is 1.94. The molecule has 1 aromatic carbocycles. The molecule has 1 aliphatic rings. The number of fused-ring (bicyclic) bond motifs is 3. The van der Waals surface area contributed by atoms with Crippen molar-refractivity contribution in [2.24, 2.45) is 5.92 Å². The second-order valence-corrected chi connectivity index (χ2v) is 6.99. The maximum absolute atomic E-state index is 11.9. The van der Waals surface area contributed by atoms with Crippen molar-refractivity contribution in [1.29, 1.82) is 0 Å². The van der Waals surface area contributed by atoms with E-state index >= 15 is 0 Å². The Morgan fingerprint density at radius 2 is 2.00 bits per heavy atom. The Hall–Kier alpha value is -2.21. The molecule has 0 saturated heterocycles. The van der Waals surface area contributed by atoms with Gasteiger partial charge in [0.15, 0.2) is 5.13 Å². The molecule has 3 rings (SSSR count). The number of amides is 2. The molecule has 1 heterocycles. The molecule has 0 fully saturated rings. The maximum Gasteiger partial charge on any atom is 0.226 e. The van der Waals surface area contributed by atoms with Gasteiger partial charge < -0.3 is 10.6 Å². The first-order chi connectivity index (χ1) is 10.9. The van der Waals surface area contributed by atoms with Crippen LogP contribution in [-0.2, 0) is 22.4 Å². The SMILES string of the molecule is CC(=O)Nc1nc2c(s1)-c1cc(NC(=O)C(C)C)ccc1CC2. The van der Waals surface area contributed by atoms with Crippen molar-refractivity contribution in [3.63, 3.8) is 0 Å². The van der Waals surface area contributed by atoms with Crippen molar-refractivity contribution < 1.29 is 9.59 Å². The summed E-state index contributed by atoms with van der Waals surface area (Å²) in [4.78, 5) is 28.7. The number of thiazole rings is 1. The molecular formula is C17H19N3O2S. The minimum Gasteiger partial charge on any atom is -0.326 e. The van der Waals surface area contributed by atoms with Crippen molar-refractivity contribution in [3.8, 4) is 10.4 Å². The number of hydrogen-bond acceptors (Lipinski definition) is 4. The number of anilines is 2. The molecule has 2 aromatic rings. The summed E-state index contributed by atoms with van der Waals surface area (Å²) in [6.45, 7) is 5.22. The van der Waals surface area contributed by atoms with Gasteiger partial charge in [-0.3, -0.25) is 9.59 Å². The normalized spacial score (nSPS) is 12.5. The fourth-order valence-electron chi connectivity index (χ4n) is 2.56. The second kappa shape index (κ2) is 6.12. The summed E-state index contributed by atoms with van der Waals surface area (Å²) in [6, 6.07) is 6.01. The van der Waals surface area contributed by atoms with Gasteiger partial charge in [-0.2, -0.15) is 0 Å². The largest absolute Gasteiger partial charge is 0.326 e. The van der Waals surface area contributed by atoms with Gasteiger partial charge in [-0.25, -0.2) is 4.98 Å². The zero-order chi connectivity index (χ0) is 16.6. The van der Waals surface area contributed by atoms with Gasteiger partial charge in [0.2, 0.25) is 11.8 Å². The van der Waals surface area contributed by atoms with E-state index in [1.165, 1.54) is 23.8 Å². The van der Waals surface area contributed by atoms with Gasteiger partial charge in [0.25, 0.3) is 0 Å². The molecule has 1 aliphatic carbocycles. The van der Waals surface area contributed by atoms with E-state index in [0.717, 1.165) is 34.7 Å². The average molecular weight is 329 g/mol. The van der Waals surface area contributed by atoms with Crippen molar-refractivity contribution in [3.05, 3.63) is 29.5 Å². The average Bonchev–Trinajstić information content (AvgIpc) is 2.89. The molecule has 0 unspecified atom stereocenters. The van der Waals surface area contributed by atoms with Crippen LogP contribution in [0.1, 0.15) is 32.0 Å². The van der Waals surface area contributed by atoms with Gasteiger partial charge in [-0.05, 0) is 36.1 Å². The zero-order valence-corrected chi connectivity index (χ0v) is 14.2. The number of nitrogens with zero attached hydrogens (tertiary/aromatic N) is 1. The summed E-state index contributed by atoms with van der Waals surface area (Å²) in [5.41, 5.74) is 4.16. The summed E-state index contributed by atoms with van der Waals surface area (Å²) in [6.07, 6.45) is 1.79. The van der Waals surface area contributed by atoms with E-state index in [9.17, 15) is 9.59 Å². The van der Waals surface area contributed by atoms with Gasteiger partial charge in [0.05, 0.1) is 10.6 Å². The topological polar surface area (TPSA) is 71.1 Å². The van der Waals surface area contributed by atoms with Crippen LogP contribution in [0.2, 0.25) is 0 Å². The highest BCUT2D eigenvalue weighted by molar-refractivity contribution is 7.19. The monoisotopic (exact) mass is 329 g/mol. The van der Waals surface area contributed by atoms with Crippen LogP contribution in [0, 0.1) is 5.92 Å². The smallest absolute Gasteiger partial charge is 0.226 e. The van der Waals surface area contributed by atoms with Gasteiger partial charge in [0.1, 0.15) is 0 Å². The van der Waals surface area contributed by atoms with Crippen LogP contribution in [0.15, 0.2) is 18.2 Å². The summed E-state index contributed by atoms with van der Waals surface area (Å²) in [5.74, 6) is -0.171. The number of nitrogens with one attached hydrogen (secondary N) is 2. The summed E-state index contributed by atoms with van der Waals surface area (Å²) < 4.78 is 0. The van der Waals surface area contributed by atoms with Crippen LogP contribution in [0.3, 0.4) is 0 Å². The first-order valence-electron chi connectivity index (χ1n) is 7.65. The highest BCUT2D eigenvalue weighted by Crippen LogP contribution is 2.40. The number of aryl methyl sites for hydroxylation is 2. The molecule has 0 radical (unpaired) electrons. The van der Waals surface area contributed by atoms with Crippen molar-refractivity contribution in [2.75, 3.05) is 10.6 Å². The highest BCUT2D eigenvalue weighted by Gasteiger charge is 2.22. The van der Waals surface area contributed by atoms with Gasteiger partial charge >= 0.3 is 0 Å². The number of aromatic nitrogens is 1. The fourth-order valence-corrected chi connectivity index (χ4v) is 3.67. The van der Waals surface area contributed by atoms with Crippen LogP contribution in [-0.4, -0.2) is 16.8 Å². The summed E-state index contributed by atoms with van der Waals surface area (Å²) >= 11 is 1.48. The van der Waals surface area contributed by atoms with Crippen LogP contribution in [0.4, 0.5) is 10.8 Å². The van der Waals surface area contributed by atoms with Crippen molar-refractivity contribution in [2.45, 2.75) is 33.6 Å². The predicted molar refractivity (Wildman–Crippen MR) is 92.7 cm³/mol. The Morgan fingerprint density at radius 1 is 1.22 bits per heavy atom. The van der Waals surface area contributed by atoms with Crippen molar-refractivity contribution >= 4 is 34.0 Å². The highest BCUT2D eigenvalue weighted by atomic mass is 32.1. The van der Waals surface area contributed by atoms with Gasteiger partial charge in [-0.15, -0.1) is 0 Å². The number of benzene rings is 1. The first-order valence-corrected chi connectivity index (χ1v) is 8.47. The van der Waals surface area contributed by atoms with E-state index in [4.69, 9.17) is 0 Å². The zero-order valence-electron chi connectivity index (χ0n) is 13.4. The molecule has 6 heteroatoms. The molecular weight excluding hydrogens is 310 g/mol. The van der Waals surface area contributed by atoms with Crippen LogP contribution >= 0.6 is 11.3 Å². The number of carbonyl (C=O) groups excluding carboxylic acids is 2. The van der Waals surface area contributed by atoms with E-state index in [2.05, 4.69) is 21.7 Å². The lowest BCUT2D eigenvalue weighted by Crippen LogP contribution is -2.18. The molecule has 2 N–H and O–H groups in total. The lowest BCUT2D eigenvalue weighted by atomic mass is 9.93. The van der Waals surface area contributed by atoms with E-state index in [1.54, 1.807) is 0 Å². The first kappa shape index (κ1) is 15.7. The molecule has 5 nitrogen and oxygen atoms in total. The third-order valence-electron chi connectivity index (χ3n) is 3.76. The molecule has 0 aliphatic heterocycles. The standard InChI is InChI=1S/C17H19N3O2S/c1-9(2)16(22)19-12-6-4-11-5-7-14-15(13(11)8-12)23-17(20-14)18-10(3)21/h4,6,8-9H,5,7H2,1-3H3,(H,19,22)(H,18,20,21). The molecule has 1 aromatic heterocycles. The van der Waals surface area contributed by atoms with E-state index < -0.39 is 0 Å². The minimum atomic E-state index is -0.116. The molecule has 120 valence electrons. The lowest BCUT2D eigenvalue weighted by molar-refractivity contribution is -0.119. The predicted octanol–water partition coefficient (Wildman–Crippen LogP) is 3.46. The Kier molecular flexibility index (Phi) is 4.17. The van der Waals surface area contributed by atoms with Gasteiger partial charge in [0, 0.05) is 18.5 Å². The minimum absolute atomic E-state index is 0.00391. The van der Waals surface area contributed by atoms with E-state index in [0.29, 0.717) is 5.13 Å². The maximum atomic E-state index is 11.9. The lowest BCUT2D eigenvalue weighted by Gasteiger charge is -2.17. The molecule has 0 atom stereocenters. The molecule has 2 amide bonds. The van der Waals surface area contributed by atoms with Crippen LogP contribution < -0.4 is 10.6 Å². The van der Waals surface area contributed by atoms with Crippen LogP contribution in [0.5, 0.6) is 0 Å². The second-order valence-electron chi connectivity index (χ2n) is 5.99. The molecule has 0 bridgehead atoms. The molecule has 0 spiro atoms. The molecule has 0 saturated carbocycles. The Morgan fingerprint density at radius 3 is 2.70 bits per heavy atom. The number of rotatable bonds is 3. The number of hydrogen-bond donors (Lipinski definition) is 2. The summed E-state index contributed by atoms with van der Waals surface area (Å²) in [5, 5.41) is 6.32. The van der Waals surface area contributed by atoms with Crippen LogP contribution in [0.25, 0.3) is 10.4 Å². The number of carbonyl (C=O) groups is 2.